The fourth-order valence-electron chi connectivity index (χ4n) is 2.25. The molecular weight excluding hydrogens is 340 g/mol. The Morgan fingerprint density at radius 1 is 1.08 bits per heavy atom. The van der Waals surface area contributed by atoms with Gasteiger partial charge in [-0.05, 0) is 25.0 Å². The summed E-state index contributed by atoms with van der Waals surface area (Å²) in [6.45, 7) is 4.72. The predicted molar refractivity (Wildman–Crippen MR) is 94.6 cm³/mol. The first kappa shape index (κ1) is 19.2. The third kappa shape index (κ3) is 4.95. The van der Waals surface area contributed by atoms with Gasteiger partial charge in [0, 0.05) is 19.9 Å². The third-order valence-corrected chi connectivity index (χ3v) is 3.23. The van der Waals surface area contributed by atoms with E-state index in [9.17, 15) is 14.4 Å². The number of carbonyl (C=O) groups is 2. The van der Waals surface area contributed by atoms with E-state index in [0.717, 1.165) is 6.42 Å². The van der Waals surface area contributed by atoms with Gasteiger partial charge < -0.3 is 18.6 Å². The molecule has 0 bridgehead atoms. The minimum atomic E-state index is -0.784. The molecule has 0 unspecified atom stereocenters. The van der Waals surface area contributed by atoms with Crippen LogP contribution >= 0.6 is 0 Å². The van der Waals surface area contributed by atoms with Crippen LogP contribution in [-0.4, -0.2) is 18.5 Å². The highest BCUT2D eigenvalue weighted by molar-refractivity contribution is 5.89. The first-order chi connectivity index (χ1) is 12.4. The topological polar surface area (TPSA) is 92.0 Å². The maximum atomic E-state index is 12.3. The molecular formula is C19H20O7. The van der Waals surface area contributed by atoms with Crippen LogP contribution in [0.1, 0.15) is 33.6 Å². The lowest BCUT2D eigenvalue weighted by molar-refractivity contribution is -0.132. The molecule has 0 saturated carbocycles. The second-order valence-corrected chi connectivity index (χ2v) is 5.41. The second-order valence-electron chi connectivity index (χ2n) is 5.41. The van der Waals surface area contributed by atoms with E-state index in [-0.39, 0.29) is 29.4 Å². The fraction of sp³-hybridized carbons (Fsp3) is 0.316. The largest absolute Gasteiger partial charge is 0.484 e. The lowest BCUT2D eigenvalue weighted by atomic mass is 10.2. The second kappa shape index (κ2) is 8.84. The number of hydrogen-bond donors (Lipinski definition) is 0. The molecule has 0 aliphatic heterocycles. The molecule has 2 rings (SSSR count). The van der Waals surface area contributed by atoms with Crippen LogP contribution in [0.2, 0.25) is 0 Å². The molecule has 138 valence electrons. The Balaban J connectivity index is 2.44. The summed E-state index contributed by atoms with van der Waals surface area (Å²) in [6.07, 6.45) is 5.41. The highest BCUT2D eigenvalue weighted by Crippen LogP contribution is 2.34. The zero-order valence-electron chi connectivity index (χ0n) is 14.9. The first-order valence-corrected chi connectivity index (χ1v) is 8.17. The summed E-state index contributed by atoms with van der Waals surface area (Å²) in [5.41, 5.74) is -0.670. The molecule has 0 radical (unpaired) electrons. The molecule has 7 heteroatoms. The average molecular weight is 360 g/mol. The smallest absolute Gasteiger partial charge is 0.383 e. The van der Waals surface area contributed by atoms with Gasteiger partial charge in [-0.3, -0.25) is 9.59 Å². The molecule has 0 saturated heterocycles. The molecule has 0 atom stereocenters. The predicted octanol–water partition coefficient (Wildman–Crippen LogP) is 3.38. The quantitative estimate of drug-likeness (QED) is 0.246. The maximum absolute atomic E-state index is 12.3. The number of benzene rings is 1. The van der Waals surface area contributed by atoms with Gasteiger partial charge in [-0.1, -0.05) is 19.1 Å². The Labute approximate surface area is 150 Å². The van der Waals surface area contributed by atoms with Crippen LogP contribution in [0.4, 0.5) is 0 Å². The SMILES string of the molecule is CCC=CCCOc1c(OC(C)=O)c2ccc(OC(C)=O)cc2oc1=O. The molecule has 26 heavy (non-hydrogen) atoms. The van der Waals surface area contributed by atoms with Crippen molar-refractivity contribution in [2.45, 2.75) is 33.6 Å². The van der Waals surface area contributed by atoms with Crippen molar-refractivity contribution in [1.29, 1.82) is 0 Å². The van der Waals surface area contributed by atoms with Crippen LogP contribution in [0.5, 0.6) is 17.2 Å². The first-order valence-electron chi connectivity index (χ1n) is 8.17. The molecule has 7 nitrogen and oxygen atoms in total. The summed E-state index contributed by atoms with van der Waals surface area (Å²) < 4.78 is 20.9. The van der Waals surface area contributed by atoms with Gasteiger partial charge >= 0.3 is 17.6 Å². The zero-order chi connectivity index (χ0) is 19.1. The monoisotopic (exact) mass is 360 g/mol. The summed E-state index contributed by atoms with van der Waals surface area (Å²) in [5.74, 6) is -1.08. The van der Waals surface area contributed by atoms with E-state index in [2.05, 4.69) is 0 Å². The number of fused-ring (bicyclic) bond motifs is 1. The fourth-order valence-corrected chi connectivity index (χ4v) is 2.25. The van der Waals surface area contributed by atoms with Gasteiger partial charge in [0.1, 0.15) is 11.3 Å². The van der Waals surface area contributed by atoms with Crippen molar-refractivity contribution in [3.8, 4) is 17.2 Å². The lowest BCUT2D eigenvalue weighted by Gasteiger charge is -2.12. The van der Waals surface area contributed by atoms with E-state index in [1.165, 1.54) is 32.0 Å². The normalized spacial score (nSPS) is 10.9. The highest BCUT2D eigenvalue weighted by atomic mass is 16.6. The summed E-state index contributed by atoms with van der Waals surface area (Å²) in [5, 5.41) is 0.356. The van der Waals surface area contributed by atoms with Crippen molar-refractivity contribution in [2.75, 3.05) is 6.61 Å². The minimum absolute atomic E-state index is 0.0161. The number of ether oxygens (including phenoxy) is 3. The zero-order valence-corrected chi connectivity index (χ0v) is 14.9. The molecule has 0 amide bonds. The molecule has 0 aliphatic rings. The number of allylic oxidation sites excluding steroid dienone is 1. The Morgan fingerprint density at radius 2 is 1.81 bits per heavy atom. The van der Waals surface area contributed by atoms with Gasteiger partial charge in [0.15, 0.2) is 5.75 Å². The van der Waals surface area contributed by atoms with E-state index in [0.29, 0.717) is 11.8 Å². The van der Waals surface area contributed by atoms with Crippen molar-refractivity contribution < 1.29 is 28.2 Å². The minimum Gasteiger partial charge on any atom is -0.484 e. The molecule has 0 fully saturated rings. The standard InChI is InChI=1S/C19H20O7/c1-4-5-6-7-10-23-18-17(25-13(3)21)15-9-8-14(24-12(2)20)11-16(15)26-19(18)22/h5-6,8-9,11H,4,7,10H2,1-3H3. The van der Waals surface area contributed by atoms with Gasteiger partial charge in [-0.2, -0.15) is 0 Å². The number of carbonyl (C=O) groups excluding carboxylic acids is 2. The van der Waals surface area contributed by atoms with Gasteiger partial charge in [0.2, 0.25) is 5.75 Å². The van der Waals surface area contributed by atoms with Gasteiger partial charge in [-0.25, -0.2) is 4.79 Å². The van der Waals surface area contributed by atoms with Crippen LogP contribution in [0, 0.1) is 0 Å². The number of esters is 2. The average Bonchev–Trinajstić information content (AvgIpc) is 2.55. The molecule has 0 aliphatic carbocycles. The lowest BCUT2D eigenvalue weighted by Crippen LogP contribution is -2.13. The van der Waals surface area contributed by atoms with Crippen molar-refractivity contribution in [2.24, 2.45) is 0 Å². The van der Waals surface area contributed by atoms with Crippen LogP contribution in [0.15, 0.2) is 39.6 Å². The molecule has 0 N–H and O–H groups in total. The molecule has 0 spiro atoms. The van der Waals surface area contributed by atoms with Crippen molar-refractivity contribution in [1.82, 2.24) is 0 Å². The summed E-state index contributed by atoms with van der Waals surface area (Å²) in [6, 6.07) is 4.40. The highest BCUT2D eigenvalue weighted by Gasteiger charge is 2.20. The van der Waals surface area contributed by atoms with Crippen LogP contribution in [-0.2, 0) is 9.59 Å². The van der Waals surface area contributed by atoms with E-state index in [1.54, 1.807) is 0 Å². The summed E-state index contributed by atoms with van der Waals surface area (Å²) in [7, 11) is 0. The van der Waals surface area contributed by atoms with Crippen molar-refractivity contribution in [3.63, 3.8) is 0 Å². The van der Waals surface area contributed by atoms with E-state index in [4.69, 9.17) is 18.6 Å². The summed E-state index contributed by atoms with van der Waals surface area (Å²) in [4.78, 5) is 34.8. The Hall–Kier alpha value is -3.09. The van der Waals surface area contributed by atoms with Gasteiger partial charge in [0.25, 0.3) is 0 Å². The molecule has 1 aromatic carbocycles. The third-order valence-electron chi connectivity index (χ3n) is 3.23. The summed E-state index contributed by atoms with van der Waals surface area (Å²) >= 11 is 0. The number of hydrogen-bond acceptors (Lipinski definition) is 7. The van der Waals surface area contributed by atoms with Crippen molar-refractivity contribution >= 4 is 22.9 Å². The van der Waals surface area contributed by atoms with Crippen LogP contribution in [0.25, 0.3) is 11.0 Å². The van der Waals surface area contributed by atoms with Crippen LogP contribution < -0.4 is 19.8 Å². The van der Waals surface area contributed by atoms with Gasteiger partial charge in [-0.15, -0.1) is 0 Å². The molecule has 1 aromatic heterocycles. The van der Waals surface area contributed by atoms with E-state index in [1.807, 2.05) is 19.1 Å². The number of rotatable bonds is 7. The van der Waals surface area contributed by atoms with E-state index >= 15 is 0 Å². The van der Waals surface area contributed by atoms with Gasteiger partial charge in [0.05, 0.1) is 12.0 Å². The Morgan fingerprint density at radius 3 is 2.46 bits per heavy atom. The van der Waals surface area contributed by atoms with Crippen LogP contribution in [0.3, 0.4) is 0 Å². The van der Waals surface area contributed by atoms with Crippen molar-refractivity contribution in [3.05, 3.63) is 40.8 Å². The Bertz CT molecular complexity index is 893. The maximum Gasteiger partial charge on any atom is 0.383 e. The Kier molecular flexibility index (Phi) is 6.54. The molecule has 2 aromatic rings. The van der Waals surface area contributed by atoms with E-state index < -0.39 is 17.6 Å². The molecule has 1 heterocycles.